The molecular weight excluding hydrogens is 509 g/mol. The van der Waals surface area contributed by atoms with Crippen molar-refractivity contribution in [1.82, 2.24) is 15.5 Å². The molecule has 0 saturated carbocycles. The predicted molar refractivity (Wildman–Crippen MR) is 149 cm³/mol. The van der Waals surface area contributed by atoms with Crippen molar-refractivity contribution in [2.45, 2.75) is 57.9 Å². The summed E-state index contributed by atoms with van der Waals surface area (Å²) in [6.45, 7) is 7.37. The maximum absolute atomic E-state index is 14.0. The van der Waals surface area contributed by atoms with Crippen LogP contribution in [-0.2, 0) is 4.79 Å². The Bertz CT molecular complexity index is 1000. The normalized spacial score (nSPS) is 14.1. The number of hydrogen-bond acceptors (Lipinski definition) is 6. The summed E-state index contributed by atoms with van der Waals surface area (Å²) >= 11 is 0. The second-order valence-corrected chi connectivity index (χ2v) is 10.2. The van der Waals surface area contributed by atoms with Crippen LogP contribution in [0.5, 0.6) is 11.5 Å². The van der Waals surface area contributed by atoms with Crippen LogP contribution in [0, 0.1) is 5.92 Å². The van der Waals surface area contributed by atoms with Gasteiger partial charge in [-0.1, -0.05) is 51.1 Å². The summed E-state index contributed by atoms with van der Waals surface area (Å²) in [7, 11) is 5.51. The molecular formula is C29H43F3N4O3. The Hall–Kier alpha value is -2.98. The first-order chi connectivity index (χ1) is 18.4. The van der Waals surface area contributed by atoms with Crippen molar-refractivity contribution in [3.63, 3.8) is 0 Å². The van der Waals surface area contributed by atoms with E-state index < -0.39 is 24.2 Å². The molecule has 2 aromatic rings. The largest absolute Gasteiger partial charge is 0.494 e. The third kappa shape index (κ3) is 11.0. The Balaban J connectivity index is 2.08. The Morgan fingerprint density at radius 2 is 1.77 bits per heavy atom. The summed E-state index contributed by atoms with van der Waals surface area (Å²) in [6.07, 6.45) is -3.71. The van der Waals surface area contributed by atoms with Gasteiger partial charge in [0.25, 0.3) is 0 Å². The molecule has 2 rings (SSSR count). The van der Waals surface area contributed by atoms with E-state index in [9.17, 15) is 18.0 Å². The molecule has 0 heterocycles. The predicted octanol–water partition coefficient (Wildman–Crippen LogP) is 5.25. The maximum atomic E-state index is 14.0. The minimum Gasteiger partial charge on any atom is -0.494 e. The zero-order valence-corrected chi connectivity index (χ0v) is 23.8. The first-order valence-electron chi connectivity index (χ1n) is 13.3. The Kier molecular flexibility index (Phi) is 12.9. The first-order valence-corrected chi connectivity index (χ1v) is 13.3. The van der Waals surface area contributed by atoms with E-state index in [-0.39, 0.29) is 23.9 Å². The lowest BCUT2D eigenvalue weighted by molar-refractivity contribution is -0.161. The molecule has 3 atom stereocenters. The number of likely N-dealkylation sites (N-methyl/N-ethyl adjacent to an activating group) is 1. The third-order valence-corrected chi connectivity index (χ3v) is 6.21. The van der Waals surface area contributed by atoms with Crippen LogP contribution >= 0.6 is 0 Å². The molecule has 0 aromatic heterocycles. The second kappa shape index (κ2) is 15.6. The molecule has 39 heavy (non-hydrogen) atoms. The molecule has 218 valence electrons. The number of alkyl halides is 3. The van der Waals surface area contributed by atoms with Crippen LogP contribution in [0.4, 0.5) is 18.9 Å². The number of anilines is 1. The highest BCUT2D eigenvalue weighted by Crippen LogP contribution is 2.33. The van der Waals surface area contributed by atoms with Crippen LogP contribution in [0.3, 0.4) is 0 Å². The zero-order valence-electron chi connectivity index (χ0n) is 23.8. The maximum Gasteiger partial charge on any atom is 0.407 e. The molecule has 0 fully saturated rings. The summed E-state index contributed by atoms with van der Waals surface area (Å²) in [5, 5.41) is 8.82. The van der Waals surface area contributed by atoms with E-state index >= 15 is 0 Å². The summed E-state index contributed by atoms with van der Waals surface area (Å²) in [5.41, 5.74) is 0.796. The summed E-state index contributed by atoms with van der Waals surface area (Å²) in [4.78, 5) is 15.3. The van der Waals surface area contributed by atoms with Crippen LogP contribution < -0.4 is 25.4 Å². The lowest BCUT2D eigenvalue weighted by atomic mass is 9.99. The molecule has 0 radical (unpaired) electrons. The fraction of sp³-hybridized carbons (Fsp3) is 0.552. The van der Waals surface area contributed by atoms with Crippen LogP contribution in [0.15, 0.2) is 48.5 Å². The van der Waals surface area contributed by atoms with Gasteiger partial charge in [-0.2, -0.15) is 13.2 Å². The molecule has 1 unspecified atom stereocenters. The van der Waals surface area contributed by atoms with Gasteiger partial charge in [-0.15, -0.1) is 0 Å². The van der Waals surface area contributed by atoms with Crippen LogP contribution in [0.2, 0.25) is 0 Å². The zero-order chi connectivity index (χ0) is 29.0. The van der Waals surface area contributed by atoms with Gasteiger partial charge in [-0.05, 0) is 50.6 Å². The minimum atomic E-state index is -4.55. The van der Waals surface area contributed by atoms with Gasteiger partial charge in [0.15, 0.2) is 0 Å². The van der Waals surface area contributed by atoms with Gasteiger partial charge in [0.05, 0.1) is 18.8 Å². The number of methoxy groups -OCH3 is 1. The molecule has 2 aromatic carbocycles. The van der Waals surface area contributed by atoms with E-state index in [4.69, 9.17) is 9.47 Å². The van der Waals surface area contributed by atoms with Gasteiger partial charge >= 0.3 is 6.18 Å². The SMILES string of the molecule is CCC(CNc1ccc(OCCN(C)C)cc1OC)NC(=O)[C@H](CC(C)C)N[C@@H](c1ccccc1)C(F)(F)F. The molecule has 0 saturated heterocycles. The van der Waals surface area contributed by atoms with Crippen molar-refractivity contribution in [1.29, 1.82) is 0 Å². The summed E-state index contributed by atoms with van der Waals surface area (Å²) in [5.74, 6) is 0.826. The Morgan fingerprint density at radius 1 is 1.08 bits per heavy atom. The molecule has 0 bridgehead atoms. The number of hydrogen-bond donors (Lipinski definition) is 3. The number of amides is 1. The average molecular weight is 553 g/mol. The molecule has 1 amide bonds. The first kappa shape index (κ1) is 32.2. The highest BCUT2D eigenvalue weighted by Gasteiger charge is 2.43. The number of nitrogens with one attached hydrogen (secondary N) is 3. The van der Waals surface area contributed by atoms with Gasteiger partial charge in [0, 0.05) is 25.2 Å². The van der Waals surface area contributed by atoms with Crippen molar-refractivity contribution in [3.05, 3.63) is 54.1 Å². The van der Waals surface area contributed by atoms with Crippen molar-refractivity contribution in [3.8, 4) is 11.5 Å². The number of ether oxygens (including phenoxy) is 2. The lowest BCUT2D eigenvalue weighted by Crippen LogP contribution is -2.52. The van der Waals surface area contributed by atoms with Crippen LogP contribution in [0.1, 0.15) is 45.2 Å². The molecule has 0 spiro atoms. The minimum absolute atomic E-state index is 0.0128. The average Bonchev–Trinajstić information content (AvgIpc) is 2.88. The van der Waals surface area contributed by atoms with Gasteiger partial charge in [0.2, 0.25) is 5.91 Å². The monoisotopic (exact) mass is 552 g/mol. The van der Waals surface area contributed by atoms with E-state index in [1.807, 2.05) is 51.9 Å². The number of benzene rings is 2. The van der Waals surface area contributed by atoms with E-state index in [2.05, 4.69) is 16.0 Å². The number of rotatable bonds is 16. The van der Waals surface area contributed by atoms with Gasteiger partial charge in [-0.25, -0.2) is 0 Å². The van der Waals surface area contributed by atoms with Crippen molar-refractivity contribution < 1.29 is 27.4 Å². The number of carbonyl (C=O) groups excluding carboxylic acids is 1. The summed E-state index contributed by atoms with van der Waals surface area (Å²) < 4.78 is 53.2. The number of halogens is 3. The highest BCUT2D eigenvalue weighted by atomic mass is 19.4. The Morgan fingerprint density at radius 3 is 2.33 bits per heavy atom. The molecule has 0 aliphatic heterocycles. The van der Waals surface area contributed by atoms with E-state index in [1.54, 1.807) is 31.4 Å². The van der Waals surface area contributed by atoms with Crippen molar-refractivity contribution in [2.24, 2.45) is 5.92 Å². The highest BCUT2D eigenvalue weighted by molar-refractivity contribution is 5.82. The van der Waals surface area contributed by atoms with Gasteiger partial charge in [-0.3, -0.25) is 10.1 Å². The van der Waals surface area contributed by atoms with E-state index in [0.29, 0.717) is 31.1 Å². The van der Waals surface area contributed by atoms with Crippen molar-refractivity contribution >= 4 is 11.6 Å². The van der Waals surface area contributed by atoms with Crippen LogP contribution in [-0.4, -0.2) is 70.0 Å². The molecule has 10 heteroatoms. The van der Waals surface area contributed by atoms with Gasteiger partial charge < -0.3 is 25.0 Å². The molecule has 3 N–H and O–H groups in total. The van der Waals surface area contributed by atoms with E-state index in [0.717, 1.165) is 12.2 Å². The Labute approximate surface area is 230 Å². The lowest BCUT2D eigenvalue weighted by Gasteiger charge is -2.29. The third-order valence-electron chi connectivity index (χ3n) is 6.21. The molecule has 7 nitrogen and oxygen atoms in total. The quantitative estimate of drug-likeness (QED) is 0.264. The standard InChI is InChI=1S/C29H43F3N4O3/c1-7-22(19-33-24-14-13-23(18-26(24)38-6)39-16-15-36(4)5)34-28(37)25(17-20(2)3)35-27(29(30,31)32)21-11-9-8-10-12-21/h8-14,18,20,22,25,27,33,35H,7,15-17,19H2,1-6H3,(H,34,37)/t22?,25-,27-/m0/s1. The van der Waals surface area contributed by atoms with Gasteiger partial charge in [0.1, 0.15) is 24.1 Å². The number of carbonyl (C=O) groups is 1. The smallest absolute Gasteiger partial charge is 0.407 e. The van der Waals surface area contributed by atoms with Crippen molar-refractivity contribution in [2.75, 3.05) is 46.2 Å². The fourth-order valence-corrected chi connectivity index (χ4v) is 4.03. The van der Waals surface area contributed by atoms with Crippen LogP contribution in [0.25, 0.3) is 0 Å². The number of nitrogens with zero attached hydrogens (tertiary/aromatic N) is 1. The summed E-state index contributed by atoms with van der Waals surface area (Å²) in [6, 6.07) is 9.81. The fourth-order valence-electron chi connectivity index (χ4n) is 4.03. The topological polar surface area (TPSA) is 74.9 Å². The molecule has 0 aliphatic carbocycles. The second-order valence-electron chi connectivity index (χ2n) is 10.2. The molecule has 0 aliphatic rings. The van der Waals surface area contributed by atoms with E-state index in [1.165, 1.54) is 12.1 Å².